The maximum Gasteiger partial charge on any atom is 0.0620 e. The van der Waals surface area contributed by atoms with Gasteiger partial charge in [-0.15, -0.1) is 0 Å². The van der Waals surface area contributed by atoms with E-state index in [9.17, 15) is 0 Å². The number of nitrogens with zero attached hydrogens (tertiary/aromatic N) is 3. The van der Waals surface area contributed by atoms with Crippen molar-refractivity contribution in [1.82, 2.24) is 8.80 Å². The second-order valence-electron chi connectivity index (χ2n) is 20.7. The Hall–Kier alpha value is -6.06. The van der Waals surface area contributed by atoms with E-state index in [1.54, 1.807) is 0 Å². The minimum absolute atomic E-state index is 0.0195. The molecule has 0 bridgehead atoms. The Balaban J connectivity index is 1.27. The van der Waals surface area contributed by atoms with E-state index in [1.807, 2.05) is 0 Å². The molecule has 0 N–H and O–H groups in total. The molecule has 0 aliphatic carbocycles. The SMILES string of the molecule is C=c1/c(=C\c2cc3cc(C(C)(C)C)cc4c5cc(C(C)(C)C)ccc5n2c34)c2cc(C(C)(C)C)cc3c4ccc(N(c5ccccc5)c5ccc(C(C)C)cc5)cc4n1c23. The summed E-state index contributed by atoms with van der Waals surface area (Å²) < 4.78 is 4.95. The lowest BCUT2D eigenvalue weighted by Gasteiger charge is -2.26. The first kappa shape index (κ1) is 38.2. The summed E-state index contributed by atoms with van der Waals surface area (Å²) in [6.45, 7) is 30.3. The maximum absolute atomic E-state index is 4.93. The lowest BCUT2D eigenvalue weighted by molar-refractivity contribution is 0.590. The van der Waals surface area contributed by atoms with Crippen molar-refractivity contribution in [2.45, 2.75) is 98.3 Å². The molecule has 300 valence electrons. The van der Waals surface area contributed by atoms with Gasteiger partial charge in [0.05, 0.1) is 22.1 Å². The smallest absolute Gasteiger partial charge is 0.0620 e. The van der Waals surface area contributed by atoms with Crippen LogP contribution in [0, 0.1) is 0 Å². The van der Waals surface area contributed by atoms with Crippen LogP contribution in [-0.4, -0.2) is 8.80 Å². The lowest BCUT2D eigenvalue weighted by Crippen LogP contribution is -2.24. The number of anilines is 3. The molecule has 4 aromatic heterocycles. The Morgan fingerprint density at radius 2 is 1.08 bits per heavy atom. The van der Waals surface area contributed by atoms with Crippen LogP contribution in [0.4, 0.5) is 17.1 Å². The topological polar surface area (TPSA) is 12.1 Å². The third-order valence-electron chi connectivity index (χ3n) is 13.1. The molecule has 3 heteroatoms. The highest BCUT2D eigenvalue weighted by molar-refractivity contribution is 6.17. The zero-order chi connectivity index (χ0) is 42.2. The van der Waals surface area contributed by atoms with Crippen LogP contribution in [-0.2, 0) is 16.2 Å². The molecule has 10 aromatic rings. The molecule has 10 rings (SSSR count). The van der Waals surface area contributed by atoms with Gasteiger partial charge in [-0.1, -0.05) is 125 Å². The first-order valence-corrected chi connectivity index (χ1v) is 21.7. The normalized spacial score (nSPS) is 13.6. The van der Waals surface area contributed by atoms with Gasteiger partial charge in [-0.05, 0) is 129 Å². The maximum atomic E-state index is 4.93. The van der Waals surface area contributed by atoms with Crippen LogP contribution in [0.1, 0.15) is 110 Å². The number of aromatic nitrogens is 2. The van der Waals surface area contributed by atoms with E-state index >= 15 is 0 Å². The summed E-state index contributed by atoms with van der Waals surface area (Å²) in [5.41, 5.74) is 14.9. The largest absolute Gasteiger partial charge is 0.310 e. The highest BCUT2D eigenvalue weighted by Gasteiger charge is 2.25. The van der Waals surface area contributed by atoms with Crippen molar-refractivity contribution < 1.29 is 0 Å². The number of hydrogen-bond donors (Lipinski definition) is 0. The van der Waals surface area contributed by atoms with Gasteiger partial charge >= 0.3 is 0 Å². The first-order chi connectivity index (χ1) is 28.4. The molecule has 0 atom stereocenters. The first-order valence-electron chi connectivity index (χ1n) is 21.7. The van der Waals surface area contributed by atoms with Crippen molar-refractivity contribution >= 4 is 84.1 Å². The molecule has 0 fully saturated rings. The molecule has 0 saturated heterocycles. The van der Waals surface area contributed by atoms with Crippen LogP contribution >= 0.6 is 0 Å². The predicted molar refractivity (Wildman–Crippen MR) is 260 cm³/mol. The molecule has 60 heavy (non-hydrogen) atoms. The van der Waals surface area contributed by atoms with Crippen molar-refractivity contribution in [3.05, 3.63) is 160 Å². The number of rotatable bonds is 5. The molecular formula is C57H57N3. The van der Waals surface area contributed by atoms with Gasteiger partial charge in [0.2, 0.25) is 0 Å². The quantitative estimate of drug-likeness (QED) is 0.169. The fourth-order valence-electron chi connectivity index (χ4n) is 9.60. The fourth-order valence-corrected chi connectivity index (χ4v) is 9.60. The third kappa shape index (κ3) is 5.84. The van der Waals surface area contributed by atoms with Gasteiger partial charge in [0.1, 0.15) is 0 Å². The van der Waals surface area contributed by atoms with Crippen LogP contribution in [0.5, 0.6) is 0 Å². The molecule has 0 spiro atoms. The van der Waals surface area contributed by atoms with Crippen molar-refractivity contribution in [2.75, 3.05) is 4.90 Å². The second kappa shape index (κ2) is 13.0. The van der Waals surface area contributed by atoms with Crippen LogP contribution in [0.15, 0.2) is 121 Å². The highest BCUT2D eigenvalue weighted by atomic mass is 15.1. The van der Waals surface area contributed by atoms with Crippen molar-refractivity contribution in [3.8, 4) is 0 Å². The van der Waals surface area contributed by atoms with Gasteiger partial charge in [-0.2, -0.15) is 0 Å². The van der Waals surface area contributed by atoms with Crippen LogP contribution in [0.3, 0.4) is 0 Å². The van der Waals surface area contributed by atoms with E-state index in [-0.39, 0.29) is 16.2 Å². The number of hydrogen-bond acceptors (Lipinski definition) is 1. The molecule has 0 radical (unpaired) electrons. The fraction of sp³-hybridized carbons (Fsp3) is 0.263. The molecule has 4 heterocycles. The van der Waals surface area contributed by atoms with E-state index in [4.69, 9.17) is 6.58 Å². The van der Waals surface area contributed by atoms with Gasteiger partial charge < -0.3 is 13.7 Å². The molecule has 0 amide bonds. The van der Waals surface area contributed by atoms with E-state index in [0.717, 1.165) is 22.4 Å². The Morgan fingerprint density at radius 3 is 1.73 bits per heavy atom. The minimum atomic E-state index is -0.0415. The van der Waals surface area contributed by atoms with Gasteiger partial charge in [0, 0.05) is 65.6 Å². The van der Waals surface area contributed by atoms with Gasteiger partial charge in [0.15, 0.2) is 0 Å². The van der Waals surface area contributed by atoms with E-state index in [0.29, 0.717) is 5.92 Å². The Morgan fingerprint density at radius 1 is 0.500 bits per heavy atom. The van der Waals surface area contributed by atoms with Crippen molar-refractivity contribution in [3.63, 3.8) is 0 Å². The van der Waals surface area contributed by atoms with Crippen LogP contribution in [0.2, 0.25) is 0 Å². The van der Waals surface area contributed by atoms with E-state index in [1.165, 1.54) is 87.6 Å². The van der Waals surface area contributed by atoms with Crippen molar-refractivity contribution in [1.29, 1.82) is 0 Å². The van der Waals surface area contributed by atoms with Crippen molar-refractivity contribution in [2.24, 2.45) is 0 Å². The second-order valence-corrected chi connectivity index (χ2v) is 20.7. The third-order valence-corrected chi connectivity index (χ3v) is 13.1. The van der Waals surface area contributed by atoms with Gasteiger partial charge in [-0.25, -0.2) is 0 Å². The summed E-state index contributed by atoms with van der Waals surface area (Å²) in [5, 5.41) is 9.90. The molecule has 0 aliphatic heterocycles. The predicted octanol–water partition coefficient (Wildman–Crippen LogP) is 14.4. The number of para-hydroxylation sites is 1. The molecule has 3 nitrogen and oxygen atoms in total. The van der Waals surface area contributed by atoms with E-state index in [2.05, 4.69) is 217 Å². The monoisotopic (exact) mass is 783 g/mol. The Labute approximate surface area is 354 Å². The zero-order valence-corrected chi connectivity index (χ0v) is 37.3. The van der Waals surface area contributed by atoms with Gasteiger partial charge in [0.25, 0.3) is 0 Å². The van der Waals surface area contributed by atoms with Crippen LogP contribution < -0.4 is 15.5 Å². The summed E-state index contributed by atoms with van der Waals surface area (Å²) in [6, 6.07) is 46.1. The minimum Gasteiger partial charge on any atom is -0.310 e. The van der Waals surface area contributed by atoms with Gasteiger partial charge in [-0.3, -0.25) is 0 Å². The summed E-state index contributed by atoms with van der Waals surface area (Å²) in [5.74, 6) is 0.469. The standard InChI is InChI=1S/C57H57N3/c1-34(2)36-18-21-42(22-19-36)59(41-16-14-13-15-17-41)43-23-24-45-48-30-40(57(10,11)12)31-49-46(35(3)58(54(48)49)52(45)33-43)32-44-27-37-26-39(56(7,8)9)29-50-47-28-38(55(4,5)6)20-25-51(47)60(44)53(37)50/h13-34H,3H2,1-2,4-12H3/b46-32+. The molecule has 0 unspecified atom stereocenters. The Bertz CT molecular complexity index is 3390. The highest BCUT2D eigenvalue weighted by Crippen LogP contribution is 2.42. The lowest BCUT2D eigenvalue weighted by atomic mass is 9.84. The zero-order valence-electron chi connectivity index (χ0n) is 37.3. The van der Waals surface area contributed by atoms with E-state index < -0.39 is 0 Å². The van der Waals surface area contributed by atoms with Crippen LogP contribution in [0.25, 0.3) is 67.0 Å². The molecule has 0 aliphatic rings. The number of fused-ring (bicyclic) bond motifs is 6. The Kier molecular flexibility index (Phi) is 8.25. The molecule has 0 saturated carbocycles. The number of benzene rings is 6. The average Bonchev–Trinajstić information content (AvgIpc) is 3.92. The summed E-state index contributed by atoms with van der Waals surface area (Å²) in [4.78, 5) is 2.38. The summed E-state index contributed by atoms with van der Waals surface area (Å²) >= 11 is 0. The average molecular weight is 784 g/mol. The molecular weight excluding hydrogens is 727 g/mol. The summed E-state index contributed by atoms with van der Waals surface area (Å²) in [6.07, 6.45) is 2.42. The summed E-state index contributed by atoms with van der Waals surface area (Å²) in [7, 11) is 0. The molecule has 6 aromatic carbocycles.